The SMILES string of the molecule is CNC(CSc1nnnn1C)C(C)(C)C. The number of thioether (sulfide) groups is 1. The van der Waals surface area contributed by atoms with E-state index < -0.39 is 0 Å². The number of nitrogens with zero attached hydrogens (tertiary/aromatic N) is 4. The van der Waals surface area contributed by atoms with E-state index in [-0.39, 0.29) is 5.41 Å². The van der Waals surface area contributed by atoms with Crippen LogP contribution in [0.1, 0.15) is 20.8 Å². The largest absolute Gasteiger partial charge is 0.316 e. The van der Waals surface area contributed by atoms with Crippen LogP contribution in [0.2, 0.25) is 0 Å². The smallest absolute Gasteiger partial charge is 0.209 e. The van der Waals surface area contributed by atoms with Crippen LogP contribution in [-0.2, 0) is 7.05 Å². The normalized spacial score (nSPS) is 14.2. The quantitative estimate of drug-likeness (QED) is 0.779. The lowest BCUT2D eigenvalue weighted by Gasteiger charge is -2.29. The second-order valence-electron chi connectivity index (χ2n) is 4.60. The molecule has 0 bridgehead atoms. The fraction of sp³-hybridized carbons (Fsp3) is 0.889. The highest BCUT2D eigenvalue weighted by atomic mass is 32.2. The number of nitrogens with one attached hydrogen (secondary N) is 1. The molecule has 1 aromatic rings. The minimum Gasteiger partial charge on any atom is -0.316 e. The zero-order chi connectivity index (χ0) is 11.5. The summed E-state index contributed by atoms with van der Waals surface area (Å²) in [5.74, 6) is 0.966. The first kappa shape index (κ1) is 12.4. The molecule has 0 amide bonds. The molecule has 0 aliphatic rings. The highest BCUT2D eigenvalue weighted by molar-refractivity contribution is 7.99. The van der Waals surface area contributed by atoms with Crippen molar-refractivity contribution in [2.24, 2.45) is 12.5 Å². The van der Waals surface area contributed by atoms with Crippen molar-refractivity contribution >= 4 is 11.8 Å². The van der Waals surface area contributed by atoms with Gasteiger partial charge in [0.15, 0.2) is 0 Å². The molecular weight excluding hydrogens is 210 g/mol. The van der Waals surface area contributed by atoms with Gasteiger partial charge in [0, 0.05) is 18.8 Å². The maximum Gasteiger partial charge on any atom is 0.209 e. The summed E-state index contributed by atoms with van der Waals surface area (Å²) in [4.78, 5) is 0. The number of rotatable bonds is 4. The molecule has 0 saturated carbocycles. The highest BCUT2D eigenvalue weighted by Gasteiger charge is 2.23. The van der Waals surface area contributed by atoms with E-state index in [0.717, 1.165) is 10.9 Å². The number of aryl methyl sites for hydroxylation is 1. The van der Waals surface area contributed by atoms with Gasteiger partial charge in [0.25, 0.3) is 0 Å². The first-order chi connectivity index (χ1) is 6.95. The fourth-order valence-electron chi connectivity index (χ4n) is 1.27. The second-order valence-corrected chi connectivity index (χ2v) is 5.59. The molecule has 1 aromatic heterocycles. The van der Waals surface area contributed by atoms with E-state index in [1.54, 1.807) is 16.4 Å². The topological polar surface area (TPSA) is 55.6 Å². The van der Waals surface area contributed by atoms with Gasteiger partial charge in [-0.1, -0.05) is 32.5 Å². The van der Waals surface area contributed by atoms with Gasteiger partial charge in [0.1, 0.15) is 0 Å². The van der Waals surface area contributed by atoms with Crippen LogP contribution in [0.4, 0.5) is 0 Å². The summed E-state index contributed by atoms with van der Waals surface area (Å²) in [6.45, 7) is 6.68. The van der Waals surface area contributed by atoms with Gasteiger partial charge in [0.05, 0.1) is 0 Å². The van der Waals surface area contributed by atoms with E-state index in [9.17, 15) is 0 Å². The molecule has 0 spiro atoms. The third-order valence-corrected chi connectivity index (χ3v) is 3.46. The van der Waals surface area contributed by atoms with Crippen molar-refractivity contribution in [2.75, 3.05) is 12.8 Å². The average Bonchev–Trinajstić information content (AvgIpc) is 2.50. The van der Waals surface area contributed by atoms with Crippen LogP contribution >= 0.6 is 11.8 Å². The Hall–Kier alpha value is -0.620. The zero-order valence-electron chi connectivity index (χ0n) is 9.98. The Morgan fingerprint density at radius 1 is 1.47 bits per heavy atom. The average molecular weight is 229 g/mol. The lowest BCUT2D eigenvalue weighted by molar-refractivity contribution is 0.305. The van der Waals surface area contributed by atoms with Crippen LogP contribution in [0.3, 0.4) is 0 Å². The summed E-state index contributed by atoms with van der Waals surface area (Å²) in [7, 11) is 3.85. The Balaban J connectivity index is 2.52. The minimum absolute atomic E-state index is 0.244. The predicted molar refractivity (Wildman–Crippen MR) is 61.8 cm³/mol. The van der Waals surface area contributed by atoms with Crippen LogP contribution < -0.4 is 5.32 Å². The second kappa shape index (κ2) is 4.94. The van der Waals surface area contributed by atoms with Crippen molar-refractivity contribution in [1.82, 2.24) is 25.5 Å². The maximum absolute atomic E-state index is 3.94. The number of tetrazole rings is 1. The molecule has 5 nitrogen and oxygen atoms in total. The van der Waals surface area contributed by atoms with E-state index in [1.807, 2.05) is 14.1 Å². The molecule has 6 heteroatoms. The van der Waals surface area contributed by atoms with Gasteiger partial charge in [-0.15, -0.1) is 5.10 Å². The summed E-state index contributed by atoms with van der Waals surface area (Å²) >= 11 is 1.68. The maximum atomic E-state index is 3.94. The van der Waals surface area contributed by atoms with Gasteiger partial charge in [-0.3, -0.25) is 0 Å². The molecule has 1 atom stereocenters. The molecule has 0 aliphatic carbocycles. The van der Waals surface area contributed by atoms with E-state index in [2.05, 4.69) is 41.6 Å². The van der Waals surface area contributed by atoms with Crippen molar-refractivity contribution in [3.63, 3.8) is 0 Å². The van der Waals surface area contributed by atoms with E-state index >= 15 is 0 Å². The molecule has 0 fully saturated rings. The Morgan fingerprint density at radius 3 is 2.53 bits per heavy atom. The van der Waals surface area contributed by atoms with Gasteiger partial charge in [0.2, 0.25) is 5.16 Å². The third kappa shape index (κ3) is 3.46. The van der Waals surface area contributed by atoms with Gasteiger partial charge >= 0.3 is 0 Å². The number of hydrogen-bond donors (Lipinski definition) is 1. The Bertz CT molecular complexity index is 304. The van der Waals surface area contributed by atoms with Gasteiger partial charge < -0.3 is 5.32 Å². The van der Waals surface area contributed by atoms with Crippen LogP contribution in [0, 0.1) is 5.41 Å². The van der Waals surface area contributed by atoms with E-state index in [1.165, 1.54) is 0 Å². The molecule has 1 N–H and O–H groups in total. The first-order valence-electron chi connectivity index (χ1n) is 4.97. The number of hydrogen-bond acceptors (Lipinski definition) is 5. The van der Waals surface area contributed by atoms with Crippen molar-refractivity contribution in [3.05, 3.63) is 0 Å². The Labute approximate surface area is 95.0 Å². The summed E-state index contributed by atoms with van der Waals surface area (Å²) in [5.41, 5.74) is 0.244. The molecule has 0 saturated heterocycles. The molecular formula is C9H19N5S. The highest BCUT2D eigenvalue weighted by Crippen LogP contribution is 2.24. The predicted octanol–water partition coefficient (Wildman–Crippen LogP) is 0.936. The zero-order valence-corrected chi connectivity index (χ0v) is 10.8. The molecule has 15 heavy (non-hydrogen) atoms. The minimum atomic E-state index is 0.244. The van der Waals surface area contributed by atoms with Crippen molar-refractivity contribution < 1.29 is 0 Å². The van der Waals surface area contributed by atoms with Crippen molar-refractivity contribution in [2.45, 2.75) is 32.0 Å². The van der Waals surface area contributed by atoms with Gasteiger partial charge in [-0.2, -0.15) is 0 Å². The molecule has 0 radical (unpaired) electrons. The standard InChI is InChI=1S/C9H19N5S/c1-9(2,3)7(10-4)6-15-8-11-12-13-14(8)5/h7,10H,6H2,1-5H3. The van der Waals surface area contributed by atoms with Crippen molar-refractivity contribution in [1.29, 1.82) is 0 Å². The first-order valence-corrected chi connectivity index (χ1v) is 5.96. The molecule has 0 aliphatic heterocycles. The van der Waals surface area contributed by atoms with Crippen LogP contribution in [0.5, 0.6) is 0 Å². The lowest BCUT2D eigenvalue weighted by atomic mass is 9.88. The van der Waals surface area contributed by atoms with Gasteiger partial charge in [-0.05, 0) is 22.9 Å². The Morgan fingerprint density at radius 2 is 2.13 bits per heavy atom. The fourth-order valence-corrected chi connectivity index (χ4v) is 2.57. The van der Waals surface area contributed by atoms with Crippen LogP contribution in [-0.4, -0.2) is 39.0 Å². The van der Waals surface area contributed by atoms with Gasteiger partial charge in [-0.25, -0.2) is 4.68 Å². The summed E-state index contributed by atoms with van der Waals surface area (Å²) in [5, 5.41) is 15.5. The summed E-state index contributed by atoms with van der Waals surface area (Å²) in [6, 6.07) is 0.444. The third-order valence-electron chi connectivity index (χ3n) is 2.35. The molecule has 0 aromatic carbocycles. The Kier molecular flexibility index (Phi) is 4.10. The van der Waals surface area contributed by atoms with Crippen LogP contribution in [0.25, 0.3) is 0 Å². The summed E-state index contributed by atoms with van der Waals surface area (Å²) in [6.07, 6.45) is 0. The molecule has 86 valence electrons. The molecule has 1 rings (SSSR count). The lowest BCUT2D eigenvalue weighted by Crippen LogP contribution is -2.40. The number of aromatic nitrogens is 4. The van der Waals surface area contributed by atoms with E-state index in [4.69, 9.17) is 0 Å². The monoisotopic (exact) mass is 229 g/mol. The molecule has 1 unspecified atom stereocenters. The van der Waals surface area contributed by atoms with E-state index in [0.29, 0.717) is 6.04 Å². The molecule has 1 heterocycles. The summed E-state index contributed by atoms with van der Waals surface area (Å²) < 4.78 is 1.69. The van der Waals surface area contributed by atoms with Crippen LogP contribution in [0.15, 0.2) is 5.16 Å². The van der Waals surface area contributed by atoms with Crippen molar-refractivity contribution in [3.8, 4) is 0 Å².